The van der Waals surface area contributed by atoms with Gasteiger partial charge in [-0.2, -0.15) is 5.10 Å². The lowest BCUT2D eigenvalue weighted by Crippen LogP contribution is -2.60. The van der Waals surface area contributed by atoms with Crippen molar-refractivity contribution in [1.82, 2.24) is 14.8 Å². The largest absolute Gasteiger partial charge is 0.394 e. The van der Waals surface area contributed by atoms with Gasteiger partial charge in [-0.1, -0.05) is 30.7 Å². The molecule has 3 fully saturated rings. The minimum Gasteiger partial charge on any atom is -0.394 e. The Hall–Kier alpha value is -1.63. The summed E-state index contributed by atoms with van der Waals surface area (Å²) in [4.78, 5) is 4.09. The second kappa shape index (κ2) is 10.0. The van der Waals surface area contributed by atoms with Crippen LogP contribution in [-0.2, 0) is 27.2 Å². The van der Waals surface area contributed by atoms with Gasteiger partial charge in [-0.3, -0.25) is 4.68 Å². The summed E-state index contributed by atoms with van der Waals surface area (Å²) in [6.45, 7) is 2.02. The highest BCUT2D eigenvalue weighted by Crippen LogP contribution is 2.56. The molecule has 1 aromatic carbocycles. The zero-order valence-electron chi connectivity index (χ0n) is 19.4. The normalized spacial score (nSPS) is 41.3. The standard InChI is InChI=1S/C24H32ClN3O7/c1-13-17-7-4-15(8-14-2-5-16(25)6-3-14)24(17,10-28-12-26-11-27-28)35-22(13)34-23-21(32)20(31)19(30)18(9-29)33-23/h2-3,5-6,11-13,15,17-23,29-32H,4,7-10H2,1H3/t13?,15?,17?,18-,19-,20+,21-,22?,23-,24?/m1/s1. The van der Waals surface area contributed by atoms with Crippen LogP contribution in [0.3, 0.4) is 0 Å². The average molecular weight is 510 g/mol. The smallest absolute Gasteiger partial charge is 0.189 e. The van der Waals surface area contributed by atoms with E-state index < -0.39 is 49.2 Å². The SMILES string of the molecule is CC1C(O[C@H]2O[C@H](CO)[C@@H](O)[C@H](O)[C@H]2O)OC2(Cn3cncn3)C(Cc3ccc(Cl)cc3)CCC12. The maximum atomic E-state index is 10.5. The van der Waals surface area contributed by atoms with E-state index in [1.807, 2.05) is 31.2 Å². The van der Waals surface area contributed by atoms with Crippen LogP contribution in [-0.4, -0.2) is 84.4 Å². The number of fused-ring (bicyclic) bond motifs is 1. The van der Waals surface area contributed by atoms with Gasteiger partial charge in [-0.25, -0.2) is 4.98 Å². The number of ether oxygens (including phenoxy) is 3. The van der Waals surface area contributed by atoms with Gasteiger partial charge in [0.05, 0.1) is 18.8 Å². The van der Waals surface area contributed by atoms with Gasteiger partial charge in [0.1, 0.15) is 37.1 Å². The molecule has 35 heavy (non-hydrogen) atoms. The molecule has 2 aromatic rings. The lowest BCUT2D eigenvalue weighted by Gasteiger charge is -2.41. The van der Waals surface area contributed by atoms with E-state index in [4.69, 9.17) is 25.8 Å². The quantitative estimate of drug-likeness (QED) is 0.425. The predicted molar refractivity (Wildman–Crippen MR) is 123 cm³/mol. The van der Waals surface area contributed by atoms with Crippen LogP contribution in [0, 0.1) is 17.8 Å². The van der Waals surface area contributed by atoms with E-state index >= 15 is 0 Å². The summed E-state index contributed by atoms with van der Waals surface area (Å²) in [6.07, 6.45) is -1.60. The molecule has 192 valence electrons. The van der Waals surface area contributed by atoms with E-state index in [2.05, 4.69) is 10.1 Å². The van der Waals surface area contributed by atoms with Crippen molar-refractivity contribution in [3.8, 4) is 0 Å². The number of rotatable bonds is 7. The first-order valence-electron chi connectivity index (χ1n) is 12.0. The molecule has 1 saturated carbocycles. The van der Waals surface area contributed by atoms with Crippen LogP contribution < -0.4 is 0 Å². The highest BCUT2D eigenvalue weighted by molar-refractivity contribution is 6.30. The number of hydrogen-bond acceptors (Lipinski definition) is 9. The van der Waals surface area contributed by atoms with Crippen LogP contribution in [0.25, 0.3) is 0 Å². The minimum atomic E-state index is -1.51. The Bertz CT molecular complexity index is 978. The summed E-state index contributed by atoms with van der Waals surface area (Å²) < 4.78 is 20.2. The lowest BCUT2D eigenvalue weighted by atomic mass is 9.78. The van der Waals surface area contributed by atoms with Crippen LogP contribution in [0.15, 0.2) is 36.9 Å². The summed E-state index contributed by atoms with van der Waals surface area (Å²) in [5, 5.41) is 45.3. The number of hydrogen-bond donors (Lipinski definition) is 4. The van der Waals surface area contributed by atoms with Gasteiger partial charge in [0, 0.05) is 10.9 Å². The molecule has 0 spiro atoms. The molecule has 5 rings (SSSR count). The van der Waals surface area contributed by atoms with E-state index in [9.17, 15) is 20.4 Å². The Morgan fingerprint density at radius 2 is 1.89 bits per heavy atom. The first kappa shape index (κ1) is 25.0. The van der Waals surface area contributed by atoms with Gasteiger partial charge in [-0.05, 0) is 48.8 Å². The minimum absolute atomic E-state index is 0.0406. The van der Waals surface area contributed by atoms with Gasteiger partial charge in [0.25, 0.3) is 0 Å². The van der Waals surface area contributed by atoms with Crippen molar-refractivity contribution in [2.24, 2.45) is 17.8 Å². The Morgan fingerprint density at radius 3 is 2.57 bits per heavy atom. The second-order valence-corrected chi connectivity index (χ2v) is 10.4. The third-order valence-corrected chi connectivity index (χ3v) is 8.18. The molecule has 5 unspecified atom stereocenters. The van der Waals surface area contributed by atoms with Gasteiger partial charge in [0.15, 0.2) is 12.6 Å². The third-order valence-electron chi connectivity index (χ3n) is 7.93. The molecule has 11 heteroatoms. The summed E-state index contributed by atoms with van der Waals surface area (Å²) in [7, 11) is 0. The summed E-state index contributed by atoms with van der Waals surface area (Å²) in [5.41, 5.74) is 0.568. The number of nitrogens with zero attached hydrogens (tertiary/aromatic N) is 3. The van der Waals surface area contributed by atoms with E-state index in [1.54, 1.807) is 11.0 Å². The fourth-order valence-corrected chi connectivity index (χ4v) is 6.20. The van der Waals surface area contributed by atoms with Gasteiger partial charge < -0.3 is 34.6 Å². The van der Waals surface area contributed by atoms with Crippen molar-refractivity contribution in [2.75, 3.05) is 6.61 Å². The van der Waals surface area contributed by atoms with Crippen molar-refractivity contribution in [1.29, 1.82) is 0 Å². The van der Waals surface area contributed by atoms with Crippen LogP contribution in [0.5, 0.6) is 0 Å². The Morgan fingerprint density at radius 1 is 1.11 bits per heavy atom. The zero-order chi connectivity index (χ0) is 24.7. The van der Waals surface area contributed by atoms with Crippen molar-refractivity contribution in [2.45, 2.75) is 75.3 Å². The Labute approximate surface area is 208 Å². The second-order valence-electron chi connectivity index (χ2n) is 9.94. The van der Waals surface area contributed by atoms with Crippen molar-refractivity contribution in [3.63, 3.8) is 0 Å². The lowest BCUT2D eigenvalue weighted by molar-refractivity contribution is -0.344. The van der Waals surface area contributed by atoms with Crippen molar-refractivity contribution >= 4 is 11.6 Å². The molecule has 4 N–H and O–H groups in total. The average Bonchev–Trinajstić information content (AvgIpc) is 3.54. The molecule has 2 saturated heterocycles. The van der Waals surface area contributed by atoms with E-state index in [0.29, 0.717) is 11.6 Å². The number of aliphatic hydroxyl groups is 4. The predicted octanol–water partition coefficient (Wildman–Crippen LogP) is 0.748. The Balaban J connectivity index is 1.39. The molecule has 1 aliphatic carbocycles. The molecular weight excluding hydrogens is 478 g/mol. The first-order chi connectivity index (χ1) is 16.8. The van der Waals surface area contributed by atoms with Crippen LogP contribution in [0.1, 0.15) is 25.3 Å². The van der Waals surface area contributed by atoms with Gasteiger partial charge >= 0.3 is 0 Å². The number of aromatic nitrogens is 3. The molecule has 3 heterocycles. The fourth-order valence-electron chi connectivity index (χ4n) is 6.07. The molecule has 10 nitrogen and oxygen atoms in total. The van der Waals surface area contributed by atoms with E-state index in [0.717, 1.165) is 24.8 Å². The Kier molecular flexibility index (Phi) is 7.17. The van der Waals surface area contributed by atoms with Crippen LogP contribution in [0.2, 0.25) is 5.02 Å². The first-order valence-corrected chi connectivity index (χ1v) is 12.4. The van der Waals surface area contributed by atoms with Crippen LogP contribution in [0.4, 0.5) is 0 Å². The van der Waals surface area contributed by atoms with Crippen LogP contribution >= 0.6 is 11.6 Å². The molecule has 2 aliphatic heterocycles. The zero-order valence-corrected chi connectivity index (χ0v) is 20.2. The molecule has 0 radical (unpaired) electrons. The topological polar surface area (TPSA) is 139 Å². The third kappa shape index (κ3) is 4.62. The fraction of sp³-hybridized carbons (Fsp3) is 0.667. The summed E-state index contributed by atoms with van der Waals surface area (Å²) in [6, 6.07) is 7.82. The van der Waals surface area contributed by atoms with E-state index in [-0.39, 0.29) is 17.8 Å². The number of benzene rings is 1. The highest BCUT2D eigenvalue weighted by Gasteiger charge is 2.61. The monoisotopic (exact) mass is 509 g/mol. The number of aliphatic hydroxyl groups excluding tert-OH is 4. The summed E-state index contributed by atoms with van der Waals surface area (Å²) >= 11 is 6.08. The molecule has 3 aliphatic rings. The number of halogens is 1. The summed E-state index contributed by atoms with van der Waals surface area (Å²) in [5.74, 6) is 0.281. The maximum Gasteiger partial charge on any atom is 0.189 e. The molecule has 0 bridgehead atoms. The van der Waals surface area contributed by atoms with Crippen molar-refractivity contribution in [3.05, 3.63) is 47.5 Å². The molecule has 1 aromatic heterocycles. The molecule has 0 amide bonds. The van der Waals surface area contributed by atoms with E-state index in [1.165, 1.54) is 6.33 Å². The van der Waals surface area contributed by atoms with Gasteiger partial charge in [0.2, 0.25) is 0 Å². The van der Waals surface area contributed by atoms with Crippen molar-refractivity contribution < 1.29 is 34.6 Å². The molecule has 10 atom stereocenters. The maximum absolute atomic E-state index is 10.5. The molecular formula is C24H32ClN3O7. The highest BCUT2D eigenvalue weighted by atomic mass is 35.5. The van der Waals surface area contributed by atoms with Gasteiger partial charge in [-0.15, -0.1) is 0 Å².